The summed E-state index contributed by atoms with van der Waals surface area (Å²) in [5.41, 5.74) is 7.74. The summed E-state index contributed by atoms with van der Waals surface area (Å²) in [5, 5.41) is 8.75. The molecule has 8 aromatic rings. The van der Waals surface area contributed by atoms with E-state index >= 15 is 0 Å². The summed E-state index contributed by atoms with van der Waals surface area (Å²) in [7, 11) is 0. The van der Waals surface area contributed by atoms with Crippen LogP contribution >= 0.6 is 0 Å². The van der Waals surface area contributed by atoms with Gasteiger partial charge in [-0.3, -0.25) is 4.98 Å². The van der Waals surface area contributed by atoms with Crippen LogP contribution in [0.4, 0.5) is 0 Å². The van der Waals surface area contributed by atoms with E-state index in [9.17, 15) is 0 Å². The monoisotopic (exact) mass is 785 g/mol. The summed E-state index contributed by atoms with van der Waals surface area (Å²) in [6, 6.07) is 51.3. The maximum Gasteiger partial charge on any atom is 0.0595 e. The Hall–Kier alpha value is -4.69. The summed E-state index contributed by atoms with van der Waals surface area (Å²) in [6.45, 7) is 8.96. The molecule has 0 unspecified atom stereocenters. The van der Waals surface area contributed by atoms with Gasteiger partial charge in [-0.15, -0.1) is 70.8 Å². The summed E-state index contributed by atoms with van der Waals surface area (Å²) >= 11 is 0. The number of hydrogen-bond donors (Lipinski definition) is 0. The predicted molar refractivity (Wildman–Crippen MR) is 195 cm³/mol. The van der Waals surface area contributed by atoms with Crippen molar-refractivity contribution in [1.82, 2.24) is 9.97 Å². The first-order chi connectivity index (χ1) is 22.5. The second-order valence-corrected chi connectivity index (χ2v) is 12.5. The fourth-order valence-electron chi connectivity index (χ4n) is 6.12. The average Bonchev–Trinajstić information content (AvgIpc) is 3.11. The maximum atomic E-state index is 4.82. The Labute approximate surface area is 290 Å². The zero-order chi connectivity index (χ0) is 31.6. The predicted octanol–water partition coefficient (Wildman–Crippen LogP) is 12.0. The van der Waals surface area contributed by atoms with Crippen molar-refractivity contribution in [3.05, 3.63) is 157 Å². The smallest absolute Gasteiger partial charge is 0.0595 e. The molecular weight excluding hydrogens is 749 g/mol. The molecule has 0 atom stereocenters. The van der Waals surface area contributed by atoms with E-state index < -0.39 is 0 Å². The van der Waals surface area contributed by atoms with Crippen LogP contribution in [0.5, 0.6) is 0 Å². The SMILES string of the molecule is CC(C)c1[c-]c(-c2nccc3c2ccc2c4ccccc4ccc32)cc(C(C)C)c1.[Ir].[c-]1ccccc1-c1ccc2ccccc2n1. The van der Waals surface area contributed by atoms with Crippen molar-refractivity contribution in [3.8, 4) is 22.5 Å². The van der Waals surface area contributed by atoms with Crippen LogP contribution in [0.1, 0.15) is 50.7 Å². The molecule has 0 aliphatic carbocycles. The quantitative estimate of drug-likeness (QED) is 0.131. The summed E-state index contributed by atoms with van der Waals surface area (Å²) in [6.07, 6.45) is 1.94. The van der Waals surface area contributed by atoms with E-state index in [1.54, 1.807) is 0 Å². The van der Waals surface area contributed by atoms with E-state index in [1.165, 1.54) is 48.8 Å². The van der Waals surface area contributed by atoms with Crippen LogP contribution < -0.4 is 0 Å². The zero-order valence-corrected chi connectivity index (χ0v) is 29.5. The molecule has 0 aliphatic rings. The minimum atomic E-state index is 0. The van der Waals surface area contributed by atoms with Crippen molar-refractivity contribution in [2.45, 2.75) is 39.5 Å². The number of hydrogen-bond acceptors (Lipinski definition) is 2. The summed E-state index contributed by atoms with van der Waals surface area (Å²) < 4.78 is 0. The van der Waals surface area contributed by atoms with Gasteiger partial charge in [0.25, 0.3) is 0 Å². The third-order valence-corrected chi connectivity index (χ3v) is 8.71. The maximum absolute atomic E-state index is 4.82. The van der Waals surface area contributed by atoms with Gasteiger partial charge in [-0.25, -0.2) is 0 Å². The van der Waals surface area contributed by atoms with Gasteiger partial charge in [0.2, 0.25) is 0 Å². The molecule has 0 spiro atoms. The molecule has 2 heterocycles. The molecule has 0 aliphatic heterocycles. The Bertz CT molecular complexity index is 2300. The van der Waals surface area contributed by atoms with Crippen LogP contribution in [0.15, 0.2) is 134 Å². The van der Waals surface area contributed by atoms with Gasteiger partial charge in [-0.1, -0.05) is 107 Å². The first-order valence-electron chi connectivity index (χ1n) is 16.1. The molecule has 233 valence electrons. The van der Waals surface area contributed by atoms with Gasteiger partial charge in [0.05, 0.1) is 5.52 Å². The first-order valence-corrected chi connectivity index (χ1v) is 16.1. The number of pyridine rings is 2. The Morgan fingerprint density at radius 3 is 2.02 bits per heavy atom. The number of fused-ring (bicyclic) bond motifs is 6. The normalized spacial score (nSPS) is 11.2. The van der Waals surface area contributed by atoms with E-state index in [0.29, 0.717) is 11.8 Å². The van der Waals surface area contributed by atoms with Gasteiger partial charge < -0.3 is 4.98 Å². The molecule has 0 N–H and O–H groups in total. The van der Waals surface area contributed by atoms with Crippen LogP contribution in [0.2, 0.25) is 0 Å². The van der Waals surface area contributed by atoms with Gasteiger partial charge in [0.1, 0.15) is 0 Å². The molecule has 2 aromatic heterocycles. The third kappa shape index (κ3) is 6.60. The molecule has 1 radical (unpaired) electrons. The Morgan fingerprint density at radius 1 is 0.553 bits per heavy atom. The molecule has 0 saturated carbocycles. The van der Waals surface area contributed by atoms with Crippen molar-refractivity contribution < 1.29 is 20.1 Å². The minimum Gasteiger partial charge on any atom is -0.304 e. The number of rotatable bonds is 4. The summed E-state index contributed by atoms with van der Waals surface area (Å²) in [5.74, 6) is 0.905. The second-order valence-electron chi connectivity index (χ2n) is 12.5. The van der Waals surface area contributed by atoms with E-state index in [0.717, 1.165) is 28.0 Å². The Balaban J connectivity index is 0.000000192. The molecule has 0 amide bonds. The van der Waals surface area contributed by atoms with Gasteiger partial charge in [-0.2, -0.15) is 0 Å². The van der Waals surface area contributed by atoms with E-state index in [2.05, 4.69) is 124 Å². The zero-order valence-electron chi connectivity index (χ0n) is 27.1. The van der Waals surface area contributed by atoms with Gasteiger partial charge in [-0.05, 0) is 73.1 Å². The standard InChI is InChI=1S/C29H26N.C15H10N.Ir/c1-18(2)21-15-22(19(3)4)17-23(16-21)29-28-12-11-25-24-8-6-5-7-20(24)9-10-26(25)27(28)13-14-30-29;1-2-6-12(7-3-1)15-11-10-13-8-4-5-9-14(13)16-15;/h5-16,18-19H,1-4H3;1-6,8-11H;/q2*-1;. The van der Waals surface area contributed by atoms with Crippen LogP contribution in [-0.4, -0.2) is 9.97 Å². The largest absolute Gasteiger partial charge is 0.304 e. The first kappa shape index (κ1) is 32.3. The molecule has 8 rings (SSSR count). The van der Waals surface area contributed by atoms with Crippen LogP contribution in [-0.2, 0) is 20.1 Å². The Kier molecular flexibility index (Phi) is 9.59. The molecule has 0 bridgehead atoms. The molecule has 6 aromatic carbocycles. The van der Waals surface area contributed by atoms with E-state index in [-0.39, 0.29) is 20.1 Å². The van der Waals surface area contributed by atoms with Crippen LogP contribution in [0.25, 0.3) is 65.7 Å². The van der Waals surface area contributed by atoms with E-state index in [4.69, 9.17) is 4.98 Å². The number of nitrogens with zero attached hydrogens (tertiary/aromatic N) is 2. The van der Waals surface area contributed by atoms with Crippen molar-refractivity contribution in [3.63, 3.8) is 0 Å². The molecular formula is C44H36IrN2-2. The van der Waals surface area contributed by atoms with Crippen LogP contribution in [0.3, 0.4) is 0 Å². The third-order valence-electron chi connectivity index (χ3n) is 8.71. The minimum absolute atomic E-state index is 0. The molecule has 0 saturated heterocycles. The molecule has 0 fully saturated rings. The fourth-order valence-corrected chi connectivity index (χ4v) is 6.12. The number of aromatic nitrogens is 2. The Morgan fingerprint density at radius 2 is 1.23 bits per heavy atom. The van der Waals surface area contributed by atoms with Gasteiger partial charge in [0.15, 0.2) is 0 Å². The van der Waals surface area contributed by atoms with Crippen molar-refractivity contribution in [2.75, 3.05) is 0 Å². The number of benzene rings is 6. The van der Waals surface area contributed by atoms with Crippen molar-refractivity contribution in [1.29, 1.82) is 0 Å². The molecule has 3 heteroatoms. The van der Waals surface area contributed by atoms with Crippen LogP contribution in [0, 0.1) is 12.1 Å². The second kappa shape index (κ2) is 14.0. The van der Waals surface area contributed by atoms with Gasteiger partial charge >= 0.3 is 0 Å². The van der Waals surface area contributed by atoms with Gasteiger partial charge in [0, 0.05) is 26.3 Å². The van der Waals surface area contributed by atoms with E-state index in [1.807, 2.05) is 54.7 Å². The topological polar surface area (TPSA) is 25.8 Å². The number of para-hydroxylation sites is 1. The fraction of sp³-hybridized carbons (Fsp3) is 0.136. The summed E-state index contributed by atoms with van der Waals surface area (Å²) in [4.78, 5) is 9.43. The molecule has 47 heavy (non-hydrogen) atoms. The van der Waals surface area contributed by atoms with Crippen molar-refractivity contribution >= 4 is 43.2 Å². The average molecular weight is 785 g/mol. The van der Waals surface area contributed by atoms with Crippen molar-refractivity contribution in [2.24, 2.45) is 0 Å². The molecule has 2 nitrogen and oxygen atoms in total.